The highest BCUT2D eigenvalue weighted by Crippen LogP contribution is 2.38. The van der Waals surface area contributed by atoms with Crippen LogP contribution in [-0.2, 0) is 0 Å². The van der Waals surface area contributed by atoms with Crippen LogP contribution in [0.5, 0.6) is 0 Å². The van der Waals surface area contributed by atoms with Crippen molar-refractivity contribution in [2.45, 2.75) is 25.4 Å². The minimum Gasteiger partial charge on any atom is -0.390 e. The summed E-state index contributed by atoms with van der Waals surface area (Å²) in [6.07, 6.45) is 5.31. The Balaban J connectivity index is 1.24. The predicted molar refractivity (Wildman–Crippen MR) is 133 cm³/mol. The van der Waals surface area contributed by atoms with E-state index < -0.39 is 5.60 Å². The van der Waals surface area contributed by atoms with E-state index in [1.807, 2.05) is 19.3 Å². The molecule has 3 N–H and O–H groups in total. The molecule has 0 radical (unpaired) electrons. The third-order valence-corrected chi connectivity index (χ3v) is 6.72. The fourth-order valence-corrected chi connectivity index (χ4v) is 4.70. The lowest BCUT2D eigenvalue weighted by Gasteiger charge is -2.37. The average Bonchev–Trinajstić information content (AvgIpc) is 3.53. The molecule has 8 heteroatoms. The lowest BCUT2D eigenvalue weighted by molar-refractivity contribution is 0.0351. The van der Waals surface area contributed by atoms with Gasteiger partial charge in [0.2, 0.25) is 0 Å². The Labute approximate surface area is 192 Å². The second-order valence-electron chi connectivity index (χ2n) is 9.16. The van der Waals surface area contributed by atoms with Crippen molar-refractivity contribution in [2.24, 2.45) is 9.98 Å². The Morgan fingerprint density at radius 2 is 1.85 bits per heavy atom. The molecule has 168 valence electrons. The van der Waals surface area contributed by atoms with Crippen LogP contribution >= 0.6 is 0 Å². The van der Waals surface area contributed by atoms with Gasteiger partial charge in [-0.2, -0.15) is 5.10 Å². The first-order valence-corrected chi connectivity index (χ1v) is 11.4. The highest BCUT2D eigenvalue weighted by atomic mass is 16.3. The molecule has 4 heterocycles. The molecular weight excluding hydrogens is 414 g/mol. The Bertz CT molecular complexity index is 1220. The SMILES string of the molecule is CC1(O)CCN(c2ccc(NC3=Nc4ccc(-c5cn[nH]c5)cc4N4CCN=C34)cc2)CC1. The Kier molecular flexibility index (Phi) is 4.69. The summed E-state index contributed by atoms with van der Waals surface area (Å²) < 4.78 is 0. The van der Waals surface area contributed by atoms with Crippen LogP contribution in [0.25, 0.3) is 11.1 Å². The van der Waals surface area contributed by atoms with E-state index in [1.165, 1.54) is 5.69 Å². The van der Waals surface area contributed by atoms with E-state index in [2.05, 4.69) is 67.8 Å². The van der Waals surface area contributed by atoms with Crippen LogP contribution in [0.15, 0.2) is 64.8 Å². The van der Waals surface area contributed by atoms with Crippen LogP contribution in [0.4, 0.5) is 22.7 Å². The summed E-state index contributed by atoms with van der Waals surface area (Å²) in [5, 5.41) is 20.6. The van der Waals surface area contributed by atoms with Gasteiger partial charge in [-0.25, -0.2) is 4.99 Å². The number of hydrogen-bond acceptors (Lipinski definition) is 7. The Morgan fingerprint density at radius 1 is 1.03 bits per heavy atom. The number of amidine groups is 2. The molecule has 0 spiro atoms. The van der Waals surface area contributed by atoms with E-state index in [-0.39, 0.29) is 0 Å². The molecule has 0 unspecified atom stereocenters. The fraction of sp³-hybridized carbons (Fsp3) is 0.320. The Morgan fingerprint density at radius 3 is 2.61 bits per heavy atom. The molecule has 0 atom stereocenters. The number of aliphatic hydroxyl groups is 1. The second-order valence-corrected chi connectivity index (χ2v) is 9.16. The summed E-state index contributed by atoms with van der Waals surface area (Å²) >= 11 is 0. The molecule has 33 heavy (non-hydrogen) atoms. The van der Waals surface area contributed by atoms with E-state index in [4.69, 9.17) is 9.98 Å². The van der Waals surface area contributed by atoms with Gasteiger partial charge in [0, 0.05) is 42.8 Å². The monoisotopic (exact) mass is 441 g/mol. The predicted octanol–water partition coefficient (Wildman–Crippen LogP) is 3.80. The topological polar surface area (TPSA) is 92.1 Å². The van der Waals surface area contributed by atoms with E-state index in [1.54, 1.807) is 0 Å². The van der Waals surface area contributed by atoms with Crippen molar-refractivity contribution in [3.8, 4) is 11.1 Å². The number of aromatic nitrogens is 2. The molecule has 1 saturated heterocycles. The molecular formula is C25H27N7O. The lowest BCUT2D eigenvalue weighted by Crippen LogP contribution is -2.42. The minimum atomic E-state index is -0.541. The van der Waals surface area contributed by atoms with E-state index in [0.29, 0.717) is 0 Å². The van der Waals surface area contributed by atoms with Gasteiger partial charge in [0.1, 0.15) is 0 Å². The van der Waals surface area contributed by atoms with Crippen molar-refractivity contribution in [3.63, 3.8) is 0 Å². The molecule has 1 aromatic heterocycles. The number of benzene rings is 2. The maximum Gasteiger partial charge on any atom is 0.174 e. The number of anilines is 3. The van der Waals surface area contributed by atoms with Crippen molar-refractivity contribution in [2.75, 3.05) is 41.3 Å². The highest BCUT2D eigenvalue weighted by Gasteiger charge is 2.30. The number of fused-ring (bicyclic) bond motifs is 3. The van der Waals surface area contributed by atoms with Gasteiger partial charge in [0.25, 0.3) is 0 Å². The molecule has 8 nitrogen and oxygen atoms in total. The van der Waals surface area contributed by atoms with Crippen LogP contribution in [0, 0.1) is 0 Å². The van der Waals surface area contributed by atoms with E-state index in [0.717, 1.165) is 78.9 Å². The van der Waals surface area contributed by atoms with Crippen LogP contribution in [0.2, 0.25) is 0 Å². The molecule has 0 amide bonds. The molecule has 2 aromatic carbocycles. The first-order chi connectivity index (χ1) is 16.1. The molecule has 0 saturated carbocycles. The number of H-pyrrole nitrogens is 1. The average molecular weight is 442 g/mol. The zero-order valence-electron chi connectivity index (χ0n) is 18.6. The number of piperidine rings is 1. The summed E-state index contributed by atoms with van der Waals surface area (Å²) in [6, 6.07) is 14.7. The first-order valence-electron chi connectivity index (χ1n) is 11.4. The zero-order valence-corrected chi connectivity index (χ0v) is 18.6. The van der Waals surface area contributed by atoms with Gasteiger partial charge < -0.3 is 20.2 Å². The van der Waals surface area contributed by atoms with Gasteiger partial charge in [-0.1, -0.05) is 6.07 Å². The summed E-state index contributed by atoms with van der Waals surface area (Å²) in [7, 11) is 0. The maximum absolute atomic E-state index is 10.2. The number of hydrogen-bond donors (Lipinski definition) is 3. The van der Waals surface area contributed by atoms with Gasteiger partial charge in [-0.15, -0.1) is 0 Å². The molecule has 3 aliphatic heterocycles. The lowest BCUT2D eigenvalue weighted by atomic mass is 9.93. The third kappa shape index (κ3) is 3.76. The summed E-state index contributed by atoms with van der Waals surface area (Å²) in [4.78, 5) is 14.2. The molecule has 3 aliphatic rings. The first kappa shape index (κ1) is 20.0. The number of nitrogens with one attached hydrogen (secondary N) is 2. The molecule has 0 aliphatic carbocycles. The van der Waals surface area contributed by atoms with E-state index >= 15 is 0 Å². The summed E-state index contributed by atoms with van der Waals surface area (Å²) in [5.74, 6) is 1.66. The zero-order chi connectivity index (χ0) is 22.4. The molecule has 1 fully saturated rings. The summed E-state index contributed by atoms with van der Waals surface area (Å²) in [5.41, 5.74) is 5.79. The highest BCUT2D eigenvalue weighted by molar-refractivity contribution is 6.51. The van der Waals surface area contributed by atoms with Gasteiger partial charge in [-0.3, -0.25) is 10.1 Å². The normalized spacial score (nSPS) is 19.0. The largest absolute Gasteiger partial charge is 0.390 e. The summed E-state index contributed by atoms with van der Waals surface area (Å²) in [6.45, 7) is 5.26. The molecule has 0 bridgehead atoms. The van der Waals surface area contributed by atoms with Crippen molar-refractivity contribution >= 4 is 34.4 Å². The van der Waals surface area contributed by atoms with Crippen LogP contribution in [-0.4, -0.2) is 58.8 Å². The molecule has 3 aromatic rings. The maximum atomic E-state index is 10.2. The van der Waals surface area contributed by atoms with Crippen LogP contribution in [0.3, 0.4) is 0 Å². The second kappa shape index (κ2) is 7.74. The number of aromatic amines is 1. The van der Waals surface area contributed by atoms with Crippen LogP contribution < -0.4 is 15.1 Å². The van der Waals surface area contributed by atoms with Gasteiger partial charge in [0.15, 0.2) is 11.7 Å². The standard InChI is InChI=1S/C25H27N7O/c1-25(33)8-11-31(12-9-25)20-5-3-19(4-6-20)29-23-24-26-10-13-32(24)22-14-17(2-7-21(22)30-23)18-15-27-28-16-18/h2-7,14-16,33H,8-13H2,1H3,(H,27,28)(H,29,30). The number of aliphatic imine (C=N–C) groups is 2. The number of nitrogens with zero attached hydrogens (tertiary/aromatic N) is 5. The minimum absolute atomic E-state index is 0.541. The molecule has 6 rings (SSSR count). The third-order valence-electron chi connectivity index (χ3n) is 6.72. The number of rotatable bonds is 3. The van der Waals surface area contributed by atoms with Crippen LogP contribution in [0.1, 0.15) is 19.8 Å². The quantitative estimate of drug-likeness (QED) is 0.575. The van der Waals surface area contributed by atoms with Gasteiger partial charge in [-0.05, 0) is 61.7 Å². The van der Waals surface area contributed by atoms with E-state index in [9.17, 15) is 5.11 Å². The van der Waals surface area contributed by atoms with Crippen molar-refractivity contribution in [1.29, 1.82) is 0 Å². The van der Waals surface area contributed by atoms with Gasteiger partial charge in [0.05, 0.1) is 29.7 Å². The van der Waals surface area contributed by atoms with Crippen molar-refractivity contribution < 1.29 is 5.11 Å². The fourth-order valence-electron chi connectivity index (χ4n) is 4.70. The smallest absolute Gasteiger partial charge is 0.174 e. The van der Waals surface area contributed by atoms with Crippen molar-refractivity contribution in [3.05, 3.63) is 54.9 Å². The van der Waals surface area contributed by atoms with Crippen molar-refractivity contribution in [1.82, 2.24) is 10.2 Å². The Hall–Kier alpha value is -3.65. The van der Waals surface area contributed by atoms with Gasteiger partial charge >= 0.3 is 0 Å².